The van der Waals surface area contributed by atoms with Crippen molar-refractivity contribution in [1.29, 1.82) is 0 Å². The molecule has 0 N–H and O–H groups in total. The molecule has 2 aromatic carbocycles. The van der Waals surface area contributed by atoms with Gasteiger partial charge in [0.2, 0.25) is 0 Å². The predicted octanol–water partition coefficient (Wildman–Crippen LogP) is 4.35. The van der Waals surface area contributed by atoms with Gasteiger partial charge in [-0.2, -0.15) is 0 Å². The zero-order valence-corrected chi connectivity index (χ0v) is 10.9. The Morgan fingerprint density at radius 1 is 1.05 bits per heavy atom. The number of halogens is 2. The second-order valence-electron chi connectivity index (χ2n) is 4.33. The summed E-state index contributed by atoms with van der Waals surface area (Å²) in [7, 11) is 0. The van der Waals surface area contributed by atoms with Gasteiger partial charge in [-0.15, -0.1) is 0 Å². The van der Waals surface area contributed by atoms with Crippen molar-refractivity contribution >= 4 is 39.9 Å². The smallest absolute Gasteiger partial charge is 0.196 e. The van der Waals surface area contributed by atoms with Crippen LogP contribution in [0.4, 0.5) is 0 Å². The molecule has 92 valence electrons. The molecule has 0 saturated heterocycles. The highest BCUT2D eigenvalue weighted by Crippen LogP contribution is 2.44. The number of fused-ring (bicyclic) bond motifs is 2. The zero-order chi connectivity index (χ0) is 13.1. The van der Waals surface area contributed by atoms with Gasteiger partial charge in [-0.3, -0.25) is 4.79 Å². The molecule has 1 aromatic heterocycles. The maximum atomic E-state index is 12.5. The van der Waals surface area contributed by atoms with Crippen LogP contribution in [-0.4, -0.2) is 10.9 Å². The largest absolute Gasteiger partial charge is 0.355 e. The van der Waals surface area contributed by atoms with Gasteiger partial charge >= 0.3 is 0 Å². The van der Waals surface area contributed by atoms with Crippen LogP contribution in [0, 0.1) is 0 Å². The van der Waals surface area contributed by atoms with Gasteiger partial charge in [0.1, 0.15) is 5.52 Å². The number of nitrogens with zero attached hydrogens (tertiary/aromatic N) is 1. The maximum Gasteiger partial charge on any atom is 0.196 e. The van der Waals surface area contributed by atoms with Gasteiger partial charge in [-0.25, -0.2) is 0 Å². The Balaban J connectivity index is 2.28. The second-order valence-corrected chi connectivity index (χ2v) is 5.14. The van der Waals surface area contributed by atoms with E-state index in [2.05, 4.69) is 5.16 Å². The number of aromatic nitrogens is 1. The second kappa shape index (κ2) is 3.59. The van der Waals surface area contributed by atoms with Crippen LogP contribution in [0.5, 0.6) is 0 Å². The van der Waals surface area contributed by atoms with E-state index in [4.69, 9.17) is 27.7 Å². The van der Waals surface area contributed by atoms with E-state index in [1.54, 1.807) is 12.1 Å². The van der Waals surface area contributed by atoms with Crippen LogP contribution in [0.1, 0.15) is 15.9 Å². The van der Waals surface area contributed by atoms with Crippen molar-refractivity contribution in [2.75, 3.05) is 0 Å². The fourth-order valence-corrected chi connectivity index (χ4v) is 3.06. The summed E-state index contributed by atoms with van der Waals surface area (Å²) in [6, 6.07) is 8.75. The number of hydrogen-bond donors (Lipinski definition) is 0. The number of carbonyl (C=O) groups is 1. The van der Waals surface area contributed by atoms with Crippen molar-refractivity contribution in [3.63, 3.8) is 0 Å². The van der Waals surface area contributed by atoms with Crippen molar-refractivity contribution in [3.8, 4) is 11.3 Å². The molecule has 0 fully saturated rings. The lowest BCUT2D eigenvalue weighted by Gasteiger charge is -2.14. The molecular weight excluding hydrogens is 285 g/mol. The monoisotopic (exact) mass is 289 g/mol. The minimum Gasteiger partial charge on any atom is -0.355 e. The number of hydrogen-bond acceptors (Lipinski definition) is 3. The predicted molar refractivity (Wildman–Crippen MR) is 72.9 cm³/mol. The van der Waals surface area contributed by atoms with Gasteiger partial charge in [-0.1, -0.05) is 52.6 Å². The highest BCUT2D eigenvalue weighted by Gasteiger charge is 2.31. The van der Waals surface area contributed by atoms with Crippen LogP contribution in [0.15, 0.2) is 34.9 Å². The summed E-state index contributed by atoms with van der Waals surface area (Å²) in [5, 5.41) is 5.25. The molecule has 5 heteroatoms. The molecule has 0 radical (unpaired) electrons. The van der Waals surface area contributed by atoms with E-state index in [9.17, 15) is 4.79 Å². The summed E-state index contributed by atoms with van der Waals surface area (Å²) in [5.74, 6) is 0.419. The van der Waals surface area contributed by atoms with E-state index in [0.29, 0.717) is 37.8 Å². The summed E-state index contributed by atoms with van der Waals surface area (Å²) >= 11 is 12.2. The summed E-state index contributed by atoms with van der Waals surface area (Å²) < 4.78 is 5.36. The Bertz CT molecular complexity index is 867. The minimum atomic E-state index is -0.127. The Morgan fingerprint density at radius 3 is 2.58 bits per heavy atom. The minimum absolute atomic E-state index is 0.127. The topological polar surface area (TPSA) is 43.1 Å². The molecule has 0 amide bonds. The molecule has 3 nitrogen and oxygen atoms in total. The van der Waals surface area contributed by atoms with Crippen molar-refractivity contribution in [3.05, 3.63) is 51.5 Å². The first-order valence-electron chi connectivity index (χ1n) is 5.60. The molecule has 1 aliphatic carbocycles. The Kier molecular flexibility index (Phi) is 2.08. The van der Waals surface area contributed by atoms with Crippen LogP contribution in [0.2, 0.25) is 10.0 Å². The van der Waals surface area contributed by atoms with Crippen LogP contribution in [0.25, 0.3) is 22.2 Å². The van der Waals surface area contributed by atoms with Gasteiger partial charge in [0.25, 0.3) is 0 Å². The Morgan fingerprint density at radius 2 is 1.79 bits per heavy atom. The zero-order valence-electron chi connectivity index (χ0n) is 9.41. The molecule has 3 aromatic rings. The van der Waals surface area contributed by atoms with Gasteiger partial charge in [0, 0.05) is 11.1 Å². The van der Waals surface area contributed by atoms with Crippen molar-refractivity contribution < 1.29 is 9.32 Å². The molecule has 19 heavy (non-hydrogen) atoms. The lowest BCUT2D eigenvalue weighted by molar-refractivity contribution is 0.104. The summed E-state index contributed by atoms with van der Waals surface area (Å²) in [5.41, 5.74) is 2.17. The molecule has 0 bridgehead atoms. The van der Waals surface area contributed by atoms with Crippen molar-refractivity contribution in [1.82, 2.24) is 5.16 Å². The van der Waals surface area contributed by atoms with Crippen LogP contribution in [-0.2, 0) is 0 Å². The van der Waals surface area contributed by atoms with Gasteiger partial charge in [0.05, 0.1) is 21.0 Å². The SMILES string of the molecule is O=C1c2ccccc2-c2onc3c(Cl)cc(Cl)c1c23. The average Bonchev–Trinajstić information content (AvgIpc) is 2.83. The first-order chi connectivity index (χ1) is 9.18. The molecule has 0 spiro atoms. The third kappa shape index (κ3) is 1.29. The molecule has 0 aliphatic heterocycles. The van der Waals surface area contributed by atoms with E-state index in [1.165, 1.54) is 6.07 Å². The number of ketones is 1. The standard InChI is InChI=1S/C14H5Cl2NO2/c15-8-5-9(16)12-11-10(8)13(18)6-3-1-2-4-7(6)14(11)19-17-12/h1-5H. The van der Waals surface area contributed by atoms with Crippen LogP contribution in [0.3, 0.4) is 0 Å². The normalized spacial score (nSPS) is 12.8. The van der Waals surface area contributed by atoms with E-state index in [0.717, 1.165) is 5.56 Å². The quantitative estimate of drug-likeness (QED) is 0.483. The summed E-state index contributed by atoms with van der Waals surface area (Å²) in [6.07, 6.45) is 0. The molecule has 4 rings (SSSR count). The molecule has 0 unspecified atom stereocenters. The highest BCUT2D eigenvalue weighted by atomic mass is 35.5. The number of carbonyl (C=O) groups excluding carboxylic acids is 1. The first-order valence-corrected chi connectivity index (χ1v) is 6.35. The fraction of sp³-hybridized carbons (Fsp3) is 0. The summed E-state index contributed by atoms with van der Waals surface area (Å²) in [6.45, 7) is 0. The van der Waals surface area contributed by atoms with Gasteiger partial charge in [0.15, 0.2) is 11.5 Å². The van der Waals surface area contributed by atoms with E-state index < -0.39 is 0 Å². The third-order valence-corrected chi connectivity index (χ3v) is 3.89. The Labute approximate surface area is 117 Å². The van der Waals surface area contributed by atoms with E-state index in [1.807, 2.05) is 12.1 Å². The lowest BCUT2D eigenvalue weighted by Crippen LogP contribution is -2.09. The lowest BCUT2D eigenvalue weighted by atomic mass is 9.88. The third-order valence-electron chi connectivity index (χ3n) is 3.30. The van der Waals surface area contributed by atoms with Crippen molar-refractivity contribution in [2.45, 2.75) is 0 Å². The molecule has 1 aliphatic rings. The average molecular weight is 290 g/mol. The maximum absolute atomic E-state index is 12.5. The number of rotatable bonds is 0. The Hall–Kier alpha value is -1.84. The van der Waals surface area contributed by atoms with E-state index >= 15 is 0 Å². The van der Waals surface area contributed by atoms with Crippen molar-refractivity contribution in [2.24, 2.45) is 0 Å². The molecule has 0 saturated carbocycles. The van der Waals surface area contributed by atoms with E-state index in [-0.39, 0.29) is 5.78 Å². The van der Waals surface area contributed by atoms with Crippen LogP contribution < -0.4 is 0 Å². The van der Waals surface area contributed by atoms with Gasteiger partial charge in [-0.05, 0) is 6.07 Å². The highest BCUT2D eigenvalue weighted by molar-refractivity contribution is 6.43. The first kappa shape index (κ1) is 11.0. The summed E-state index contributed by atoms with van der Waals surface area (Å²) in [4.78, 5) is 12.5. The van der Waals surface area contributed by atoms with Gasteiger partial charge < -0.3 is 4.52 Å². The molecule has 0 atom stereocenters. The number of benzene rings is 2. The van der Waals surface area contributed by atoms with Crippen LogP contribution >= 0.6 is 23.2 Å². The molecular formula is C14H5Cl2NO2. The fourth-order valence-electron chi connectivity index (χ4n) is 2.48. The molecule has 1 heterocycles.